The van der Waals surface area contributed by atoms with Gasteiger partial charge in [0.15, 0.2) is 0 Å². The molecule has 1 N–H and O–H groups in total. The SMILES string of the molecule is CNC(Cc1c(C)cccc1C)c1sccc1Cl. The molecule has 2 rings (SSSR count). The van der Waals surface area contributed by atoms with Crippen molar-refractivity contribution in [3.05, 3.63) is 56.2 Å². The largest absolute Gasteiger partial charge is 0.312 e. The van der Waals surface area contributed by atoms with Crippen molar-refractivity contribution in [3.8, 4) is 0 Å². The van der Waals surface area contributed by atoms with E-state index >= 15 is 0 Å². The van der Waals surface area contributed by atoms with E-state index in [2.05, 4.69) is 37.4 Å². The highest BCUT2D eigenvalue weighted by molar-refractivity contribution is 7.10. The maximum Gasteiger partial charge on any atom is 0.0561 e. The minimum absolute atomic E-state index is 0.289. The van der Waals surface area contributed by atoms with E-state index in [-0.39, 0.29) is 6.04 Å². The fourth-order valence-corrected chi connectivity index (χ4v) is 3.55. The third kappa shape index (κ3) is 2.77. The Morgan fingerprint density at radius 1 is 1.22 bits per heavy atom. The van der Waals surface area contributed by atoms with Crippen molar-refractivity contribution >= 4 is 22.9 Å². The Kier molecular flexibility index (Phi) is 4.44. The molecule has 1 nitrogen and oxygen atoms in total. The standard InChI is InChI=1S/C15H18ClNS/c1-10-5-4-6-11(2)12(10)9-14(17-3)15-13(16)7-8-18-15/h4-8,14,17H,9H2,1-3H3. The summed E-state index contributed by atoms with van der Waals surface area (Å²) in [5.74, 6) is 0. The van der Waals surface area contributed by atoms with Gasteiger partial charge >= 0.3 is 0 Å². The average Bonchev–Trinajstić information content (AvgIpc) is 2.76. The Hall–Kier alpha value is -0.830. The molecular weight excluding hydrogens is 262 g/mol. The Balaban J connectivity index is 2.29. The molecule has 0 aliphatic heterocycles. The Labute approximate surface area is 118 Å². The summed E-state index contributed by atoms with van der Waals surface area (Å²) in [5, 5.41) is 6.29. The number of halogens is 1. The van der Waals surface area contributed by atoms with Gasteiger partial charge < -0.3 is 5.32 Å². The Morgan fingerprint density at radius 2 is 1.89 bits per heavy atom. The molecule has 0 radical (unpaired) electrons. The van der Waals surface area contributed by atoms with Crippen molar-refractivity contribution in [1.29, 1.82) is 0 Å². The minimum atomic E-state index is 0.289. The molecule has 1 heterocycles. The fourth-order valence-electron chi connectivity index (χ4n) is 2.25. The monoisotopic (exact) mass is 279 g/mol. The fraction of sp³-hybridized carbons (Fsp3) is 0.333. The van der Waals surface area contributed by atoms with Gasteiger partial charge in [0.2, 0.25) is 0 Å². The number of benzene rings is 1. The summed E-state index contributed by atoms with van der Waals surface area (Å²) in [6.45, 7) is 4.34. The van der Waals surface area contributed by atoms with E-state index < -0.39 is 0 Å². The predicted octanol–water partition coefficient (Wildman–Crippen LogP) is 4.52. The van der Waals surface area contributed by atoms with Crippen LogP contribution in [0.3, 0.4) is 0 Å². The van der Waals surface area contributed by atoms with Gasteiger partial charge in [0.1, 0.15) is 0 Å². The first kappa shape index (κ1) is 13.6. The highest BCUT2D eigenvalue weighted by Crippen LogP contribution is 2.31. The Bertz CT molecular complexity index is 513. The number of likely N-dealkylation sites (N-methyl/N-ethyl adjacent to an activating group) is 1. The third-order valence-electron chi connectivity index (χ3n) is 3.36. The van der Waals surface area contributed by atoms with Crippen LogP contribution in [0.1, 0.15) is 27.6 Å². The lowest BCUT2D eigenvalue weighted by Crippen LogP contribution is -2.19. The van der Waals surface area contributed by atoms with Crippen molar-refractivity contribution in [3.63, 3.8) is 0 Å². The van der Waals surface area contributed by atoms with Gasteiger partial charge in [-0.15, -0.1) is 11.3 Å². The summed E-state index contributed by atoms with van der Waals surface area (Å²) in [7, 11) is 1.99. The zero-order valence-corrected chi connectivity index (χ0v) is 12.5. The van der Waals surface area contributed by atoms with Gasteiger partial charge in [0.05, 0.1) is 5.02 Å². The predicted molar refractivity (Wildman–Crippen MR) is 80.7 cm³/mol. The first-order valence-corrected chi connectivity index (χ1v) is 7.34. The van der Waals surface area contributed by atoms with E-state index in [1.54, 1.807) is 11.3 Å². The van der Waals surface area contributed by atoms with Gasteiger partial charge in [-0.05, 0) is 55.5 Å². The van der Waals surface area contributed by atoms with Crippen molar-refractivity contribution in [2.45, 2.75) is 26.3 Å². The average molecular weight is 280 g/mol. The van der Waals surface area contributed by atoms with Crippen molar-refractivity contribution < 1.29 is 0 Å². The van der Waals surface area contributed by atoms with Gasteiger partial charge in [-0.25, -0.2) is 0 Å². The summed E-state index contributed by atoms with van der Waals surface area (Å²) in [6, 6.07) is 8.71. The lowest BCUT2D eigenvalue weighted by atomic mass is 9.96. The van der Waals surface area contributed by atoms with Gasteiger partial charge in [-0.3, -0.25) is 0 Å². The second kappa shape index (κ2) is 5.87. The molecule has 0 aliphatic carbocycles. The lowest BCUT2D eigenvalue weighted by molar-refractivity contribution is 0.599. The molecule has 0 spiro atoms. The molecule has 0 saturated carbocycles. The summed E-state index contributed by atoms with van der Waals surface area (Å²) in [5.41, 5.74) is 4.12. The second-order valence-corrected chi connectivity index (χ2v) is 5.90. The zero-order valence-electron chi connectivity index (χ0n) is 11.0. The van der Waals surface area contributed by atoms with Crippen LogP contribution >= 0.6 is 22.9 Å². The van der Waals surface area contributed by atoms with Crippen LogP contribution in [0.5, 0.6) is 0 Å². The van der Waals surface area contributed by atoms with Crippen LogP contribution < -0.4 is 5.32 Å². The first-order chi connectivity index (χ1) is 8.63. The maximum atomic E-state index is 6.23. The smallest absolute Gasteiger partial charge is 0.0561 e. The van der Waals surface area contributed by atoms with E-state index in [0.29, 0.717) is 0 Å². The molecule has 3 heteroatoms. The maximum absolute atomic E-state index is 6.23. The van der Waals surface area contributed by atoms with Crippen molar-refractivity contribution in [2.24, 2.45) is 0 Å². The van der Waals surface area contributed by atoms with Crippen LogP contribution in [0, 0.1) is 13.8 Å². The van der Waals surface area contributed by atoms with Crippen LogP contribution in [0.25, 0.3) is 0 Å². The normalized spacial score (nSPS) is 12.7. The summed E-state index contributed by atoms with van der Waals surface area (Å²) in [6.07, 6.45) is 0.981. The van der Waals surface area contributed by atoms with Crippen LogP contribution in [-0.4, -0.2) is 7.05 Å². The van der Waals surface area contributed by atoms with Gasteiger partial charge in [0.25, 0.3) is 0 Å². The minimum Gasteiger partial charge on any atom is -0.312 e. The number of nitrogens with one attached hydrogen (secondary N) is 1. The summed E-state index contributed by atoms with van der Waals surface area (Å²) < 4.78 is 0. The number of aryl methyl sites for hydroxylation is 2. The van der Waals surface area contributed by atoms with Crippen LogP contribution in [0.2, 0.25) is 5.02 Å². The molecular formula is C15H18ClNS. The van der Waals surface area contributed by atoms with E-state index in [1.807, 2.05) is 18.5 Å². The van der Waals surface area contributed by atoms with Gasteiger partial charge in [-0.2, -0.15) is 0 Å². The quantitative estimate of drug-likeness (QED) is 0.868. The van der Waals surface area contributed by atoms with E-state index in [4.69, 9.17) is 11.6 Å². The summed E-state index contributed by atoms with van der Waals surface area (Å²) >= 11 is 7.95. The molecule has 0 fully saturated rings. The van der Waals surface area contributed by atoms with Crippen LogP contribution in [0.15, 0.2) is 29.6 Å². The summed E-state index contributed by atoms with van der Waals surface area (Å²) in [4.78, 5) is 1.22. The number of hydrogen-bond donors (Lipinski definition) is 1. The molecule has 0 aliphatic rings. The van der Waals surface area contributed by atoms with Crippen molar-refractivity contribution in [1.82, 2.24) is 5.32 Å². The topological polar surface area (TPSA) is 12.0 Å². The molecule has 1 atom stereocenters. The first-order valence-electron chi connectivity index (χ1n) is 6.08. The molecule has 96 valence electrons. The molecule has 0 saturated heterocycles. The molecule has 0 bridgehead atoms. The second-order valence-electron chi connectivity index (χ2n) is 4.55. The van der Waals surface area contributed by atoms with E-state index in [1.165, 1.54) is 21.6 Å². The van der Waals surface area contributed by atoms with Crippen LogP contribution in [-0.2, 0) is 6.42 Å². The lowest BCUT2D eigenvalue weighted by Gasteiger charge is -2.18. The third-order valence-corrected chi connectivity index (χ3v) is 4.83. The zero-order chi connectivity index (χ0) is 13.1. The Morgan fingerprint density at radius 3 is 2.39 bits per heavy atom. The molecule has 2 aromatic rings. The molecule has 18 heavy (non-hydrogen) atoms. The van der Waals surface area contributed by atoms with Crippen molar-refractivity contribution in [2.75, 3.05) is 7.05 Å². The number of rotatable bonds is 4. The number of thiophene rings is 1. The highest BCUT2D eigenvalue weighted by Gasteiger charge is 2.16. The van der Waals surface area contributed by atoms with Crippen LogP contribution in [0.4, 0.5) is 0 Å². The van der Waals surface area contributed by atoms with E-state index in [9.17, 15) is 0 Å². The molecule has 1 aromatic carbocycles. The molecule has 1 aromatic heterocycles. The highest BCUT2D eigenvalue weighted by atomic mass is 35.5. The van der Waals surface area contributed by atoms with E-state index in [0.717, 1.165) is 11.4 Å². The van der Waals surface area contributed by atoms with Gasteiger partial charge in [0, 0.05) is 10.9 Å². The molecule has 1 unspecified atom stereocenters. The molecule has 0 amide bonds. The van der Waals surface area contributed by atoms with Gasteiger partial charge in [-0.1, -0.05) is 29.8 Å². The number of hydrogen-bond acceptors (Lipinski definition) is 2.